The van der Waals surface area contributed by atoms with Gasteiger partial charge >= 0.3 is 0 Å². The van der Waals surface area contributed by atoms with E-state index in [1.807, 2.05) is 19.2 Å². The Morgan fingerprint density at radius 3 is 2.72 bits per heavy atom. The third-order valence-electron chi connectivity index (χ3n) is 3.67. The first-order valence-corrected chi connectivity index (χ1v) is 9.14. The van der Waals surface area contributed by atoms with Gasteiger partial charge in [0.05, 0.1) is 17.5 Å². The van der Waals surface area contributed by atoms with Crippen LogP contribution in [0, 0.1) is 13.8 Å². The number of halogens is 1. The first-order valence-electron chi connectivity index (χ1n) is 7.53. The number of thioether (sulfide) groups is 1. The molecule has 1 aromatic carbocycles. The van der Waals surface area contributed by atoms with Crippen molar-refractivity contribution >= 4 is 35.0 Å². The molecule has 0 radical (unpaired) electrons. The van der Waals surface area contributed by atoms with Crippen LogP contribution >= 0.6 is 23.4 Å². The standard InChI is InChI=1S/C18H16ClN3O2S/c1-10-6-7-12(19)9-13(10)21-17(23)15-11(2)20-16(22-18(15)25-3)14-5-4-8-24-14/h4-9H,1-3H3,(H,21,23). The molecule has 0 fully saturated rings. The summed E-state index contributed by atoms with van der Waals surface area (Å²) >= 11 is 7.41. The van der Waals surface area contributed by atoms with Gasteiger partial charge in [0.1, 0.15) is 5.03 Å². The summed E-state index contributed by atoms with van der Waals surface area (Å²) in [7, 11) is 0. The number of aromatic nitrogens is 2. The predicted octanol–water partition coefficient (Wildman–Crippen LogP) is 4.98. The molecule has 0 atom stereocenters. The largest absolute Gasteiger partial charge is 0.461 e. The topological polar surface area (TPSA) is 68.0 Å². The van der Waals surface area contributed by atoms with Gasteiger partial charge in [-0.25, -0.2) is 9.97 Å². The summed E-state index contributed by atoms with van der Waals surface area (Å²) in [5.41, 5.74) is 2.62. The average molecular weight is 374 g/mol. The van der Waals surface area contributed by atoms with E-state index in [0.717, 1.165) is 5.56 Å². The second-order valence-corrected chi connectivity index (χ2v) is 6.64. The van der Waals surface area contributed by atoms with Crippen molar-refractivity contribution < 1.29 is 9.21 Å². The number of rotatable bonds is 4. The van der Waals surface area contributed by atoms with Crippen LogP contribution in [0.1, 0.15) is 21.6 Å². The number of benzene rings is 1. The number of furan rings is 1. The van der Waals surface area contributed by atoms with Crippen molar-refractivity contribution in [2.45, 2.75) is 18.9 Å². The highest BCUT2D eigenvalue weighted by atomic mass is 35.5. The van der Waals surface area contributed by atoms with Gasteiger partial charge in [0, 0.05) is 10.7 Å². The fourth-order valence-corrected chi connectivity index (χ4v) is 3.18. The molecule has 0 aliphatic heterocycles. The summed E-state index contributed by atoms with van der Waals surface area (Å²) in [5, 5.41) is 4.05. The number of carbonyl (C=O) groups is 1. The molecule has 128 valence electrons. The number of aryl methyl sites for hydroxylation is 2. The van der Waals surface area contributed by atoms with Crippen LogP contribution in [-0.2, 0) is 0 Å². The summed E-state index contributed by atoms with van der Waals surface area (Å²) in [4.78, 5) is 21.7. The summed E-state index contributed by atoms with van der Waals surface area (Å²) in [6.07, 6.45) is 3.43. The van der Waals surface area contributed by atoms with Crippen LogP contribution in [0.2, 0.25) is 5.02 Å². The Hall–Kier alpha value is -2.31. The van der Waals surface area contributed by atoms with Crippen molar-refractivity contribution in [3.8, 4) is 11.6 Å². The van der Waals surface area contributed by atoms with E-state index in [0.29, 0.717) is 38.6 Å². The smallest absolute Gasteiger partial charge is 0.260 e. The van der Waals surface area contributed by atoms with Crippen molar-refractivity contribution in [2.75, 3.05) is 11.6 Å². The molecule has 0 spiro atoms. The Bertz CT molecular complexity index is 926. The molecule has 0 aliphatic carbocycles. The molecule has 3 rings (SSSR count). The second kappa shape index (κ2) is 7.29. The van der Waals surface area contributed by atoms with Crippen molar-refractivity contribution in [1.82, 2.24) is 9.97 Å². The Morgan fingerprint density at radius 2 is 2.04 bits per heavy atom. The first kappa shape index (κ1) is 17.5. The van der Waals surface area contributed by atoms with Gasteiger partial charge in [-0.3, -0.25) is 4.79 Å². The predicted molar refractivity (Wildman–Crippen MR) is 100 cm³/mol. The molecule has 0 bridgehead atoms. The second-order valence-electron chi connectivity index (χ2n) is 5.41. The number of hydrogen-bond acceptors (Lipinski definition) is 5. The molecule has 2 aromatic heterocycles. The lowest BCUT2D eigenvalue weighted by Gasteiger charge is -2.13. The van der Waals surface area contributed by atoms with Crippen LogP contribution in [0.5, 0.6) is 0 Å². The molecular weight excluding hydrogens is 358 g/mol. The molecule has 0 unspecified atom stereocenters. The Balaban J connectivity index is 1.98. The summed E-state index contributed by atoms with van der Waals surface area (Å²) in [6.45, 7) is 3.69. The third kappa shape index (κ3) is 3.70. The molecule has 0 aliphatic rings. The lowest BCUT2D eigenvalue weighted by Crippen LogP contribution is -2.17. The van der Waals surface area contributed by atoms with Crippen LogP contribution in [0.4, 0.5) is 5.69 Å². The van der Waals surface area contributed by atoms with Crippen LogP contribution in [0.25, 0.3) is 11.6 Å². The number of nitrogens with one attached hydrogen (secondary N) is 1. The van der Waals surface area contributed by atoms with E-state index in [1.54, 1.807) is 37.5 Å². The minimum absolute atomic E-state index is 0.266. The summed E-state index contributed by atoms with van der Waals surface area (Å²) < 4.78 is 5.35. The Labute approximate surface area is 154 Å². The van der Waals surface area contributed by atoms with E-state index in [9.17, 15) is 4.79 Å². The number of nitrogens with zero attached hydrogens (tertiary/aromatic N) is 2. The minimum atomic E-state index is -0.266. The van der Waals surface area contributed by atoms with Gasteiger partial charge in [-0.1, -0.05) is 17.7 Å². The van der Waals surface area contributed by atoms with E-state index in [4.69, 9.17) is 16.0 Å². The minimum Gasteiger partial charge on any atom is -0.461 e. The van der Waals surface area contributed by atoms with Crippen molar-refractivity contribution in [1.29, 1.82) is 0 Å². The van der Waals surface area contributed by atoms with Gasteiger partial charge < -0.3 is 9.73 Å². The zero-order valence-corrected chi connectivity index (χ0v) is 15.5. The fourth-order valence-electron chi connectivity index (χ4n) is 2.39. The molecule has 7 heteroatoms. The molecule has 1 N–H and O–H groups in total. The maximum Gasteiger partial charge on any atom is 0.260 e. The monoisotopic (exact) mass is 373 g/mol. The number of hydrogen-bond donors (Lipinski definition) is 1. The highest BCUT2D eigenvalue weighted by molar-refractivity contribution is 7.98. The third-order valence-corrected chi connectivity index (χ3v) is 4.58. The summed E-state index contributed by atoms with van der Waals surface area (Å²) in [6, 6.07) is 8.92. The number of carbonyl (C=O) groups excluding carboxylic acids is 1. The van der Waals surface area contributed by atoms with Crippen LogP contribution in [0.15, 0.2) is 46.0 Å². The Kier molecular flexibility index (Phi) is 5.11. The van der Waals surface area contributed by atoms with Crippen LogP contribution in [-0.4, -0.2) is 22.1 Å². The normalized spacial score (nSPS) is 10.7. The fraction of sp³-hybridized carbons (Fsp3) is 0.167. The van der Waals surface area contributed by atoms with Crippen molar-refractivity contribution in [3.05, 3.63) is 58.4 Å². The first-order chi connectivity index (χ1) is 12.0. The zero-order valence-electron chi connectivity index (χ0n) is 14.0. The lowest BCUT2D eigenvalue weighted by molar-refractivity contribution is 0.102. The maximum absolute atomic E-state index is 12.8. The molecule has 3 aromatic rings. The van der Waals surface area contributed by atoms with Gasteiger partial charge in [-0.05, 0) is 49.9 Å². The van der Waals surface area contributed by atoms with Gasteiger partial charge in [-0.2, -0.15) is 0 Å². The summed E-state index contributed by atoms with van der Waals surface area (Å²) in [5.74, 6) is 0.761. The molecule has 5 nitrogen and oxygen atoms in total. The van der Waals surface area contributed by atoms with Crippen LogP contribution in [0.3, 0.4) is 0 Å². The van der Waals surface area contributed by atoms with E-state index in [-0.39, 0.29) is 5.91 Å². The molecule has 25 heavy (non-hydrogen) atoms. The number of amides is 1. The highest BCUT2D eigenvalue weighted by Crippen LogP contribution is 2.27. The molecular formula is C18H16ClN3O2S. The van der Waals surface area contributed by atoms with Crippen LogP contribution < -0.4 is 5.32 Å². The van der Waals surface area contributed by atoms with Crippen molar-refractivity contribution in [3.63, 3.8) is 0 Å². The average Bonchev–Trinajstić information content (AvgIpc) is 3.11. The van der Waals surface area contributed by atoms with Gasteiger partial charge in [0.25, 0.3) is 5.91 Å². The Morgan fingerprint density at radius 1 is 1.24 bits per heavy atom. The van der Waals surface area contributed by atoms with Gasteiger partial charge in [0.2, 0.25) is 0 Å². The molecule has 0 saturated carbocycles. The quantitative estimate of drug-likeness (QED) is 0.516. The van der Waals surface area contributed by atoms with Gasteiger partial charge in [0.15, 0.2) is 11.6 Å². The van der Waals surface area contributed by atoms with E-state index >= 15 is 0 Å². The zero-order chi connectivity index (χ0) is 18.0. The van der Waals surface area contributed by atoms with E-state index in [1.165, 1.54) is 11.8 Å². The maximum atomic E-state index is 12.8. The SMILES string of the molecule is CSc1nc(-c2ccco2)nc(C)c1C(=O)Nc1cc(Cl)ccc1C. The van der Waals surface area contributed by atoms with Gasteiger partial charge in [-0.15, -0.1) is 11.8 Å². The van der Waals surface area contributed by atoms with E-state index < -0.39 is 0 Å². The lowest BCUT2D eigenvalue weighted by atomic mass is 10.1. The number of anilines is 1. The van der Waals surface area contributed by atoms with Crippen molar-refractivity contribution in [2.24, 2.45) is 0 Å². The highest BCUT2D eigenvalue weighted by Gasteiger charge is 2.20. The molecule has 0 saturated heterocycles. The van der Waals surface area contributed by atoms with E-state index in [2.05, 4.69) is 15.3 Å². The molecule has 2 heterocycles. The molecule has 1 amide bonds.